The Labute approximate surface area is 176 Å². The van der Waals surface area contributed by atoms with Gasteiger partial charge in [0.2, 0.25) is 5.89 Å². The first-order valence-corrected chi connectivity index (χ1v) is 10.6. The number of aromatic nitrogens is 4. The van der Waals surface area contributed by atoms with E-state index in [4.69, 9.17) is 19.0 Å². The number of benzene rings is 1. The third-order valence-corrected chi connectivity index (χ3v) is 6.00. The van der Waals surface area contributed by atoms with Gasteiger partial charge in [-0.2, -0.15) is 4.98 Å². The number of methoxy groups -OCH3 is 1. The normalized spacial score (nSPS) is 17.4. The monoisotopic (exact) mass is 430 g/mol. The van der Waals surface area contributed by atoms with E-state index in [1.165, 1.54) is 18.9 Å². The molecule has 1 aromatic carbocycles. The maximum atomic E-state index is 13.3. The second-order valence-electron chi connectivity index (χ2n) is 7.11. The maximum absolute atomic E-state index is 13.3. The zero-order valence-electron chi connectivity index (χ0n) is 17.0. The molecule has 1 saturated heterocycles. The molecule has 4 rings (SSSR count). The van der Waals surface area contributed by atoms with Gasteiger partial charge in [0.15, 0.2) is 11.0 Å². The van der Waals surface area contributed by atoms with Crippen LogP contribution in [0.3, 0.4) is 0 Å². The van der Waals surface area contributed by atoms with Gasteiger partial charge in [0, 0.05) is 6.61 Å². The molecule has 0 N–H and O–H groups in total. The fraction of sp³-hybridized carbons (Fsp3) is 0.450. The minimum atomic E-state index is -0.480. The van der Waals surface area contributed by atoms with Crippen molar-refractivity contribution in [3.05, 3.63) is 45.8 Å². The molecule has 158 valence electrons. The molecule has 0 amide bonds. The smallest absolute Gasteiger partial charge is 0.337 e. The fourth-order valence-electron chi connectivity index (χ4n) is 3.38. The lowest BCUT2D eigenvalue weighted by atomic mass is 10.1. The highest BCUT2D eigenvalue weighted by atomic mass is 32.2. The van der Waals surface area contributed by atoms with Gasteiger partial charge < -0.3 is 14.0 Å². The average Bonchev–Trinajstić information content (AvgIpc) is 3.41. The number of aryl methyl sites for hydroxylation is 1. The van der Waals surface area contributed by atoms with E-state index >= 15 is 0 Å². The number of rotatable bonds is 6. The summed E-state index contributed by atoms with van der Waals surface area (Å²) in [6.45, 7) is 4.77. The maximum Gasteiger partial charge on any atom is 0.337 e. The molecule has 3 heterocycles. The van der Waals surface area contributed by atoms with Gasteiger partial charge in [0.05, 0.1) is 41.5 Å². The average molecular weight is 430 g/mol. The molecular weight excluding hydrogens is 408 g/mol. The number of fused-ring (bicyclic) bond motifs is 1. The van der Waals surface area contributed by atoms with Crippen LogP contribution < -0.4 is 5.56 Å². The van der Waals surface area contributed by atoms with Crippen LogP contribution in [0.25, 0.3) is 10.9 Å². The molecule has 3 aromatic rings. The summed E-state index contributed by atoms with van der Waals surface area (Å²) in [6.07, 6.45) is 1.84. The SMILES string of the molecule is COC(=O)c1ccc2c(=O)n(C[C@@H]3CCCO3)c(S[C@@H](C)c3nc(C)no3)nc2c1. The molecule has 2 atom stereocenters. The molecule has 9 nitrogen and oxygen atoms in total. The van der Waals surface area contributed by atoms with Gasteiger partial charge in [0.1, 0.15) is 0 Å². The van der Waals surface area contributed by atoms with Crippen LogP contribution in [-0.2, 0) is 16.0 Å². The van der Waals surface area contributed by atoms with Gasteiger partial charge >= 0.3 is 5.97 Å². The van der Waals surface area contributed by atoms with E-state index in [0.717, 1.165) is 12.8 Å². The highest BCUT2D eigenvalue weighted by Crippen LogP contribution is 2.33. The van der Waals surface area contributed by atoms with Gasteiger partial charge in [-0.25, -0.2) is 9.78 Å². The van der Waals surface area contributed by atoms with Crippen molar-refractivity contribution in [3.63, 3.8) is 0 Å². The predicted molar refractivity (Wildman–Crippen MR) is 110 cm³/mol. The number of hydrogen-bond donors (Lipinski definition) is 0. The molecule has 0 bridgehead atoms. The van der Waals surface area contributed by atoms with E-state index in [9.17, 15) is 9.59 Å². The number of carbonyl (C=O) groups is 1. The van der Waals surface area contributed by atoms with Crippen LogP contribution in [0.4, 0.5) is 0 Å². The minimum Gasteiger partial charge on any atom is -0.465 e. The molecule has 1 fully saturated rings. The summed E-state index contributed by atoms with van der Waals surface area (Å²) in [7, 11) is 1.31. The predicted octanol–water partition coefficient (Wildman–Crippen LogP) is 2.91. The van der Waals surface area contributed by atoms with Crippen LogP contribution in [0.15, 0.2) is 32.7 Å². The Kier molecular flexibility index (Phi) is 5.87. The number of nitrogens with zero attached hydrogens (tertiary/aromatic N) is 4. The lowest BCUT2D eigenvalue weighted by Gasteiger charge is -2.17. The van der Waals surface area contributed by atoms with Crippen LogP contribution in [-0.4, -0.2) is 45.5 Å². The highest BCUT2D eigenvalue weighted by molar-refractivity contribution is 7.99. The van der Waals surface area contributed by atoms with Crippen molar-refractivity contribution >= 4 is 28.6 Å². The molecule has 0 radical (unpaired) electrons. The zero-order valence-corrected chi connectivity index (χ0v) is 17.8. The second-order valence-corrected chi connectivity index (χ2v) is 8.42. The Bertz CT molecular complexity index is 1140. The molecule has 0 spiro atoms. The summed E-state index contributed by atoms with van der Waals surface area (Å²) >= 11 is 1.35. The zero-order chi connectivity index (χ0) is 21.3. The first kappa shape index (κ1) is 20.5. The summed E-state index contributed by atoms with van der Waals surface area (Å²) < 4.78 is 17.4. The number of ether oxygens (including phenoxy) is 2. The number of esters is 1. The molecule has 10 heteroatoms. The Morgan fingerprint density at radius 1 is 1.40 bits per heavy atom. The number of carbonyl (C=O) groups excluding carboxylic acids is 1. The number of thioether (sulfide) groups is 1. The quantitative estimate of drug-likeness (QED) is 0.331. The van der Waals surface area contributed by atoms with Crippen molar-refractivity contribution in [2.45, 2.75) is 49.7 Å². The summed E-state index contributed by atoms with van der Waals surface area (Å²) in [4.78, 5) is 34.2. The lowest BCUT2D eigenvalue weighted by Crippen LogP contribution is -2.29. The fourth-order valence-corrected chi connectivity index (χ4v) is 4.32. The van der Waals surface area contributed by atoms with Crippen molar-refractivity contribution < 1.29 is 18.8 Å². The molecule has 1 aliphatic heterocycles. The first-order chi connectivity index (χ1) is 14.5. The highest BCUT2D eigenvalue weighted by Gasteiger charge is 2.23. The van der Waals surface area contributed by atoms with Crippen LogP contribution in [0.5, 0.6) is 0 Å². The Hall–Kier alpha value is -2.72. The van der Waals surface area contributed by atoms with Crippen molar-refractivity contribution in [3.8, 4) is 0 Å². The van der Waals surface area contributed by atoms with Crippen LogP contribution >= 0.6 is 11.8 Å². The molecule has 1 aliphatic rings. The Morgan fingerprint density at radius 3 is 2.90 bits per heavy atom. The van der Waals surface area contributed by atoms with Crippen molar-refractivity contribution in [2.75, 3.05) is 13.7 Å². The topological polar surface area (TPSA) is 109 Å². The minimum absolute atomic E-state index is 0.0309. The largest absolute Gasteiger partial charge is 0.465 e. The van der Waals surface area contributed by atoms with Crippen LogP contribution in [0, 0.1) is 6.92 Å². The van der Waals surface area contributed by atoms with Crippen LogP contribution in [0.1, 0.15) is 47.1 Å². The third kappa shape index (κ3) is 4.10. The van der Waals surface area contributed by atoms with Gasteiger partial charge in [-0.3, -0.25) is 9.36 Å². The van der Waals surface area contributed by atoms with E-state index in [1.54, 1.807) is 29.7 Å². The Balaban J connectivity index is 1.78. The van der Waals surface area contributed by atoms with Crippen LogP contribution in [0.2, 0.25) is 0 Å². The Morgan fingerprint density at radius 2 is 2.23 bits per heavy atom. The summed E-state index contributed by atoms with van der Waals surface area (Å²) in [5, 5.41) is 4.56. The van der Waals surface area contributed by atoms with Gasteiger partial charge in [-0.15, -0.1) is 0 Å². The summed E-state index contributed by atoms with van der Waals surface area (Å²) in [5.41, 5.74) is 0.594. The molecule has 0 saturated carbocycles. The van der Waals surface area contributed by atoms with Crippen molar-refractivity contribution in [1.29, 1.82) is 0 Å². The number of hydrogen-bond acceptors (Lipinski definition) is 9. The van der Waals surface area contributed by atoms with Gasteiger partial charge in [-0.1, -0.05) is 16.9 Å². The molecular formula is C20H22N4O5S. The molecule has 0 aliphatic carbocycles. The van der Waals surface area contributed by atoms with E-state index in [2.05, 4.69) is 10.1 Å². The van der Waals surface area contributed by atoms with Crippen molar-refractivity contribution in [1.82, 2.24) is 19.7 Å². The first-order valence-electron chi connectivity index (χ1n) is 9.67. The van der Waals surface area contributed by atoms with Crippen molar-refractivity contribution in [2.24, 2.45) is 0 Å². The lowest BCUT2D eigenvalue weighted by molar-refractivity contribution is 0.0601. The molecule has 0 unspecified atom stereocenters. The van der Waals surface area contributed by atoms with E-state index < -0.39 is 5.97 Å². The van der Waals surface area contributed by atoms with E-state index in [-0.39, 0.29) is 16.9 Å². The molecule has 30 heavy (non-hydrogen) atoms. The molecule has 2 aromatic heterocycles. The summed E-state index contributed by atoms with van der Waals surface area (Å²) in [5.74, 6) is 0.522. The standard InChI is InChI=1S/C20H22N4O5S/c1-11(17-21-12(2)23-29-17)30-20-22-16-9-13(19(26)27-3)6-7-15(16)18(25)24(20)10-14-5-4-8-28-14/h6-7,9,11,14H,4-5,8,10H2,1-3H3/t11-,14-/m0/s1. The second kappa shape index (κ2) is 8.57. The van der Waals surface area contributed by atoms with E-state index in [0.29, 0.717) is 46.5 Å². The van der Waals surface area contributed by atoms with Gasteiger partial charge in [-0.05, 0) is 44.9 Å². The summed E-state index contributed by atoms with van der Waals surface area (Å²) in [6, 6.07) is 4.76. The van der Waals surface area contributed by atoms with Gasteiger partial charge in [0.25, 0.3) is 5.56 Å². The van der Waals surface area contributed by atoms with E-state index in [1.807, 2.05) is 6.92 Å². The third-order valence-electron chi connectivity index (χ3n) is 4.92.